The Bertz CT molecular complexity index is 1200. The Morgan fingerprint density at radius 1 is 1.00 bits per heavy atom. The van der Waals surface area contributed by atoms with Crippen LogP contribution in [-0.4, -0.2) is 53.1 Å². The van der Waals surface area contributed by atoms with Crippen LogP contribution in [0.5, 0.6) is 0 Å². The zero-order valence-electron chi connectivity index (χ0n) is 21.7. The number of carbonyl (C=O) groups is 2. The van der Waals surface area contributed by atoms with Crippen LogP contribution in [0.25, 0.3) is 0 Å². The third kappa shape index (κ3) is 5.89. The van der Waals surface area contributed by atoms with Crippen molar-refractivity contribution in [3.8, 4) is 0 Å². The van der Waals surface area contributed by atoms with E-state index in [-0.39, 0.29) is 12.7 Å². The van der Waals surface area contributed by atoms with E-state index in [2.05, 4.69) is 5.10 Å². The van der Waals surface area contributed by atoms with E-state index in [1.807, 2.05) is 47.4 Å². The van der Waals surface area contributed by atoms with Gasteiger partial charge in [0.25, 0.3) is 0 Å². The number of hydrogen-bond acceptors (Lipinski definition) is 5. The van der Waals surface area contributed by atoms with E-state index in [1.54, 1.807) is 12.1 Å². The van der Waals surface area contributed by atoms with Crippen molar-refractivity contribution < 1.29 is 32.6 Å². The van der Waals surface area contributed by atoms with Gasteiger partial charge in [-0.15, -0.1) is 0 Å². The summed E-state index contributed by atoms with van der Waals surface area (Å²) in [6.07, 6.45) is -2.43. The van der Waals surface area contributed by atoms with Crippen molar-refractivity contribution in [1.82, 2.24) is 4.90 Å². The molecule has 2 aromatic carbocycles. The molecule has 1 saturated heterocycles. The molecule has 3 aliphatic rings. The lowest BCUT2D eigenvalue weighted by Gasteiger charge is -2.37. The second-order valence-corrected chi connectivity index (χ2v) is 10.9. The lowest BCUT2D eigenvalue weighted by atomic mass is 9.81. The summed E-state index contributed by atoms with van der Waals surface area (Å²) in [6, 6.07) is 15.9. The summed E-state index contributed by atoms with van der Waals surface area (Å²) in [5.74, 6) is -1.08. The van der Waals surface area contributed by atoms with Crippen LogP contribution in [0.15, 0.2) is 59.7 Å². The first kappa shape index (κ1) is 27.0. The van der Waals surface area contributed by atoms with E-state index < -0.39 is 36.2 Å². The first-order valence-corrected chi connectivity index (χ1v) is 13.3. The van der Waals surface area contributed by atoms with E-state index >= 15 is 0 Å². The molecule has 5 rings (SSSR count). The number of nitrogens with zero attached hydrogens (tertiary/aromatic N) is 3. The van der Waals surface area contributed by atoms with Gasteiger partial charge in [0.2, 0.25) is 0 Å². The number of amides is 1. The summed E-state index contributed by atoms with van der Waals surface area (Å²) in [7, 11) is 0. The van der Waals surface area contributed by atoms with Gasteiger partial charge in [-0.2, -0.15) is 18.3 Å². The van der Waals surface area contributed by atoms with E-state index in [0.29, 0.717) is 36.5 Å². The number of halogens is 3. The molecule has 1 aliphatic carbocycles. The standard InChI is InChI=1S/C29H32F3N3O4/c1-18-25(14-26(36)37)35(33-27(18)29(30,31)32)23-11-7-19(8-12-23)13-24-21-9-10-22(24)16-34(15-21)28(38)39-17-20-5-3-2-4-6-20/h2-8,11-12,18,21-22,24-25H,9-10,13-17H2,1H3,(H,36,37). The number of rotatable bonds is 7. The van der Waals surface area contributed by atoms with Gasteiger partial charge in [0.15, 0.2) is 0 Å². The van der Waals surface area contributed by atoms with Gasteiger partial charge in [0.1, 0.15) is 12.3 Å². The molecular formula is C29H32F3N3O4. The minimum absolute atomic E-state index is 0.249. The van der Waals surface area contributed by atoms with Crippen LogP contribution in [0.3, 0.4) is 0 Å². The second-order valence-electron chi connectivity index (χ2n) is 10.9. The normalized spacial score (nSPS) is 26.5. The predicted octanol–water partition coefficient (Wildman–Crippen LogP) is 5.74. The van der Waals surface area contributed by atoms with Gasteiger partial charge in [0.05, 0.1) is 18.2 Å². The Kier molecular flexibility index (Phi) is 7.55. The number of piperidine rings is 1. The number of carboxylic acid groups (broad SMARTS) is 1. The highest BCUT2D eigenvalue weighted by Crippen LogP contribution is 2.44. The molecule has 2 fully saturated rings. The van der Waals surface area contributed by atoms with E-state index in [9.17, 15) is 27.9 Å². The topological polar surface area (TPSA) is 82.4 Å². The van der Waals surface area contributed by atoms with Crippen molar-refractivity contribution in [2.45, 2.75) is 51.4 Å². The van der Waals surface area contributed by atoms with Crippen molar-refractivity contribution in [2.24, 2.45) is 28.8 Å². The lowest BCUT2D eigenvalue weighted by molar-refractivity contribution is -0.137. The Morgan fingerprint density at radius 3 is 2.23 bits per heavy atom. The van der Waals surface area contributed by atoms with Gasteiger partial charge < -0.3 is 14.7 Å². The minimum atomic E-state index is -4.62. The molecule has 2 heterocycles. The molecular weight excluding hydrogens is 511 g/mol. The first-order chi connectivity index (χ1) is 18.6. The fraction of sp³-hybridized carbons (Fsp3) is 0.483. The van der Waals surface area contributed by atoms with Crippen molar-refractivity contribution in [3.63, 3.8) is 0 Å². The van der Waals surface area contributed by atoms with Gasteiger partial charge in [0, 0.05) is 19.0 Å². The zero-order chi connectivity index (χ0) is 27.7. The smallest absolute Gasteiger partial charge is 0.431 e. The molecule has 0 spiro atoms. The summed E-state index contributed by atoms with van der Waals surface area (Å²) >= 11 is 0. The molecule has 4 unspecified atom stereocenters. The van der Waals surface area contributed by atoms with Crippen LogP contribution in [0, 0.1) is 23.7 Å². The second kappa shape index (κ2) is 10.9. The summed E-state index contributed by atoms with van der Waals surface area (Å²) < 4.78 is 46.0. The molecule has 0 radical (unpaired) electrons. The molecule has 2 bridgehead atoms. The van der Waals surface area contributed by atoms with Gasteiger partial charge in [-0.25, -0.2) is 4.79 Å². The lowest BCUT2D eigenvalue weighted by Crippen LogP contribution is -2.45. The van der Waals surface area contributed by atoms with Crippen molar-refractivity contribution in [2.75, 3.05) is 18.1 Å². The minimum Gasteiger partial charge on any atom is -0.481 e. The highest BCUT2D eigenvalue weighted by molar-refractivity contribution is 5.95. The average molecular weight is 544 g/mol. The molecule has 7 nitrogen and oxygen atoms in total. The Labute approximate surface area is 225 Å². The van der Waals surface area contributed by atoms with Gasteiger partial charge in [-0.3, -0.25) is 9.80 Å². The number of likely N-dealkylation sites (tertiary alicyclic amines) is 1. The number of carboxylic acids is 1. The fourth-order valence-corrected chi connectivity index (χ4v) is 6.37. The highest BCUT2D eigenvalue weighted by Gasteiger charge is 2.49. The number of hydrogen-bond donors (Lipinski definition) is 1. The van der Waals surface area contributed by atoms with Crippen LogP contribution in [0.2, 0.25) is 0 Å². The largest absolute Gasteiger partial charge is 0.481 e. The third-order valence-electron chi connectivity index (χ3n) is 8.38. The molecule has 10 heteroatoms. The van der Waals surface area contributed by atoms with E-state index in [1.165, 1.54) is 11.9 Å². The zero-order valence-corrected chi connectivity index (χ0v) is 21.7. The maximum atomic E-state index is 13.5. The Balaban J connectivity index is 1.22. The summed E-state index contributed by atoms with van der Waals surface area (Å²) in [5, 5.41) is 14.3. The molecule has 4 atom stereocenters. The monoisotopic (exact) mass is 543 g/mol. The van der Waals surface area contributed by atoms with Crippen LogP contribution in [0.4, 0.5) is 23.7 Å². The summed E-state index contributed by atoms with van der Waals surface area (Å²) in [6.45, 7) is 2.93. The molecule has 1 N–H and O–H groups in total. The number of ether oxygens (including phenoxy) is 1. The van der Waals surface area contributed by atoms with Crippen LogP contribution in [0.1, 0.15) is 37.3 Å². The average Bonchev–Trinajstić information content (AvgIpc) is 3.33. The quantitative estimate of drug-likeness (QED) is 0.482. The molecule has 0 aromatic heterocycles. The van der Waals surface area contributed by atoms with Crippen molar-refractivity contribution in [3.05, 3.63) is 65.7 Å². The Hall–Kier alpha value is -3.56. The van der Waals surface area contributed by atoms with E-state index in [0.717, 1.165) is 30.4 Å². The number of benzene rings is 2. The maximum absolute atomic E-state index is 13.5. The first-order valence-electron chi connectivity index (χ1n) is 13.3. The SMILES string of the molecule is CC1C(C(F)(F)F)=NN(c2ccc(CC3C4CCC3CN(C(=O)OCc3ccccc3)C4)cc2)C1CC(=O)O. The number of fused-ring (bicyclic) bond motifs is 2. The van der Waals surface area contributed by atoms with Crippen LogP contribution in [-0.2, 0) is 22.6 Å². The number of aliphatic carboxylic acids is 1. The number of anilines is 1. The number of hydrazone groups is 1. The van der Waals surface area contributed by atoms with Crippen LogP contribution < -0.4 is 5.01 Å². The van der Waals surface area contributed by atoms with Gasteiger partial charge in [-0.1, -0.05) is 49.4 Å². The van der Waals surface area contributed by atoms with E-state index in [4.69, 9.17) is 4.74 Å². The van der Waals surface area contributed by atoms with Crippen molar-refractivity contribution in [1.29, 1.82) is 0 Å². The predicted molar refractivity (Wildman–Crippen MR) is 139 cm³/mol. The molecule has 2 aliphatic heterocycles. The molecule has 1 saturated carbocycles. The molecule has 39 heavy (non-hydrogen) atoms. The molecule has 1 amide bonds. The highest BCUT2D eigenvalue weighted by atomic mass is 19.4. The van der Waals surface area contributed by atoms with Crippen LogP contribution >= 0.6 is 0 Å². The summed E-state index contributed by atoms with van der Waals surface area (Å²) in [5.41, 5.74) is 1.49. The maximum Gasteiger partial charge on any atom is 0.431 e. The van der Waals surface area contributed by atoms with Crippen molar-refractivity contribution >= 4 is 23.5 Å². The summed E-state index contributed by atoms with van der Waals surface area (Å²) in [4.78, 5) is 25.9. The van der Waals surface area contributed by atoms with Gasteiger partial charge in [-0.05, 0) is 60.3 Å². The fourth-order valence-electron chi connectivity index (χ4n) is 6.37. The van der Waals surface area contributed by atoms with Gasteiger partial charge >= 0.3 is 18.2 Å². The molecule has 208 valence electrons. The Morgan fingerprint density at radius 2 is 1.64 bits per heavy atom. The number of carbonyl (C=O) groups excluding carboxylic acids is 1. The number of alkyl halides is 3. The third-order valence-corrected chi connectivity index (χ3v) is 8.38. The molecule has 2 aromatic rings.